The molecule has 4 rings (SSSR count). The Balaban J connectivity index is 1.61. The molecule has 0 radical (unpaired) electrons. The van der Waals surface area contributed by atoms with E-state index in [1.165, 1.54) is 17.2 Å². The van der Waals surface area contributed by atoms with Gasteiger partial charge in [-0.15, -0.1) is 0 Å². The van der Waals surface area contributed by atoms with E-state index >= 15 is 0 Å². The van der Waals surface area contributed by atoms with E-state index in [1.54, 1.807) is 0 Å². The fourth-order valence-corrected chi connectivity index (χ4v) is 3.06. The molecule has 0 amide bonds. The summed E-state index contributed by atoms with van der Waals surface area (Å²) in [5, 5.41) is 32.6. The third-order valence-electron chi connectivity index (χ3n) is 4.45. The monoisotopic (exact) mass is 357 g/mol. The Morgan fingerprint density at radius 2 is 1.88 bits per heavy atom. The van der Waals surface area contributed by atoms with E-state index in [-0.39, 0.29) is 6.61 Å². The first-order valence-electron chi connectivity index (χ1n) is 8.27. The molecule has 9 heteroatoms. The lowest BCUT2D eigenvalue weighted by molar-refractivity contribution is -0.0511. The van der Waals surface area contributed by atoms with Gasteiger partial charge in [0.15, 0.2) is 23.2 Å². The minimum Gasteiger partial charge on any atom is -0.394 e. The van der Waals surface area contributed by atoms with Gasteiger partial charge in [0.1, 0.15) is 24.6 Å². The average Bonchev–Trinajstić information content (AvgIpc) is 3.23. The number of hydrogen-bond acceptors (Lipinski definition) is 8. The molecule has 0 spiro atoms. The van der Waals surface area contributed by atoms with Gasteiger partial charge in [0.25, 0.3) is 0 Å². The molecular formula is C17H19N5O4. The molecule has 3 heterocycles. The second-order valence-electron chi connectivity index (χ2n) is 6.11. The van der Waals surface area contributed by atoms with Crippen molar-refractivity contribution in [3.05, 3.63) is 48.5 Å². The molecule has 1 saturated heterocycles. The number of ether oxygens (including phenoxy) is 1. The lowest BCUT2D eigenvalue weighted by Gasteiger charge is -2.16. The Labute approximate surface area is 148 Å². The first-order chi connectivity index (χ1) is 12.7. The van der Waals surface area contributed by atoms with Crippen molar-refractivity contribution in [2.24, 2.45) is 0 Å². The summed E-state index contributed by atoms with van der Waals surface area (Å²) in [5.41, 5.74) is 2.09. The van der Waals surface area contributed by atoms with Crippen LogP contribution >= 0.6 is 0 Å². The van der Waals surface area contributed by atoms with Gasteiger partial charge in [0.2, 0.25) is 0 Å². The molecule has 1 aromatic carbocycles. The highest BCUT2D eigenvalue weighted by molar-refractivity contribution is 5.82. The molecule has 4 N–H and O–H groups in total. The van der Waals surface area contributed by atoms with Crippen LogP contribution in [0, 0.1) is 0 Å². The third kappa shape index (κ3) is 2.90. The van der Waals surface area contributed by atoms with Crippen LogP contribution in [0.2, 0.25) is 0 Å². The summed E-state index contributed by atoms with van der Waals surface area (Å²) >= 11 is 0. The summed E-state index contributed by atoms with van der Waals surface area (Å²) in [5.74, 6) is 0.560. The maximum atomic E-state index is 10.2. The number of nitrogens with one attached hydrogen (secondary N) is 1. The molecule has 0 aliphatic carbocycles. The Bertz CT molecular complexity index is 887. The van der Waals surface area contributed by atoms with E-state index in [0.29, 0.717) is 23.5 Å². The maximum Gasteiger partial charge on any atom is 0.167 e. The van der Waals surface area contributed by atoms with E-state index in [0.717, 1.165) is 5.56 Å². The first-order valence-corrected chi connectivity index (χ1v) is 8.27. The molecule has 2 aromatic heterocycles. The standard InChI is InChI=1S/C17H19N5O4/c23-7-11-13(24)14(25)17(26-11)22-9-21-12-15(19-8-20-16(12)22)18-6-10-4-2-1-3-5-10/h1-5,8-9,11,13-14,17,23-25H,6-7H2,(H,18,19,20)/t11-,13-,14+,17+/m1/s1. The fraction of sp³-hybridized carbons (Fsp3) is 0.353. The Morgan fingerprint density at radius 1 is 1.08 bits per heavy atom. The summed E-state index contributed by atoms with van der Waals surface area (Å²) in [4.78, 5) is 12.8. The fourth-order valence-electron chi connectivity index (χ4n) is 3.06. The predicted molar refractivity (Wildman–Crippen MR) is 92.1 cm³/mol. The van der Waals surface area contributed by atoms with E-state index < -0.39 is 24.5 Å². The van der Waals surface area contributed by atoms with Gasteiger partial charge in [-0.05, 0) is 5.56 Å². The molecule has 3 aromatic rings. The molecule has 0 unspecified atom stereocenters. The molecule has 9 nitrogen and oxygen atoms in total. The largest absolute Gasteiger partial charge is 0.394 e. The van der Waals surface area contributed by atoms with E-state index in [1.807, 2.05) is 30.3 Å². The van der Waals surface area contributed by atoms with Crippen molar-refractivity contribution in [3.8, 4) is 0 Å². The number of aliphatic hydroxyl groups is 3. The highest BCUT2D eigenvalue weighted by Gasteiger charge is 2.44. The lowest BCUT2D eigenvalue weighted by Crippen LogP contribution is -2.33. The zero-order chi connectivity index (χ0) is 18.1. The topological polar surface area (TPSA) is 126 Å². The third-order valence-corrected chi connectivity index (χ3v) is 4.45. The van der Waals surface area contributed by atoms with Gasteiger partial charge in [-0.2, -0.15) is 0 Å². The summed E-state index contributed by atoms with van der Waals surface area (Å²) < 4.78 is 7.08. The summed E-state index contributed by atoms with van der Waals surface area (Å²) in [6.07, 6.45) is -1.24. The van der Waals surface area contributed by atoms with Crippen LogP contribution in [0.4, 0.5) is 5.82 Å². The Hall–Kier alpha value is -2.59. The quantitative estimate of drug-likeness (QED) is 0.505. The number of aliphatic hydroxyl groups excluding tert-OH is 3. The van der Waals surface area contributed by atoms with Gasteiger partial charge in [0, 0.05) is 6.54 Å². The number of anilines is 1. The number of nitrogens with zero attached hydrogens (tertiary/aromatic N) is 4. The number of benzene rings is 1. The molecule has 136 valence electrons. The van der Waals surface area contributed by atoms with Gasteiger partial charge >= 0.3 is 0 Å². The van der Waals surface area contributed by atoms with Crippen molar-refractivity contribution in [3.63, 3.8) is 0 Å². The predicted octanol–water partition coefficient (Wildman–Crippen LogP) is 0.0499. The zero-order valence-corrected chi connectivity index (χ0v) is 13.8. The highest BCUT2D eigenvalue weighted by Crippen LogP contribution is 2.32. The van der Waals surface area contributed by atoms with Crippen molar-refractivity contribution >= 4 is 17.0 Å². The van der Waals surface area contributed by atoms with Crippen LogP contribution in [0.15, 0.2) is 43.0 Å². The van der Waals surface area contributed by atoms with Crippen LogP contribution < -0.4 is 5.32 Å². The SMILES string of the molecule is OC[C@H]1O[C@H](n2cnc3c(NCc4ccccc4)ncnc32)[C@@H](O)[C@@H]1O. The first kappa shape index (κ1) is 16.9. The van der Waals surface area contributed by atoms with Gasteiger partial charge < -0.3 is 25.4 Å². The number of imidazole rings is 1. The van der Waals surface area contributed by atoms with Crippen molar-refractivity contribution in [1.29, 1.82) is 0 Å². The minimum absolute atomic E-state index is 0.389. The summed E-state index contributed by atoms with van der Waals surface area (Å²) in [6, 6.07) is 9.88. The van der Waals surface area contributed by atoms with Crippen LogP contribution in [0.3, 0.4) is 0 Å². The van der Waals surface area contributed by atoms with Crippen molar-refractivity contribution in [1.82, 2.24) is 19.5 Å². The summed E-state index contributed by atoms with van der Waals surface area (Å²) in [6.45, 7) is 0.188. The highest BCUT2D eigenvalue weighted by atomic mass is 16.6. The van der Waals surface area contributed by atoms with Crippen molar-refractivity contribution < 1.29 is 20.1 Å². The van der Waals surface area contributed by atoms with Crippen molar-refractivity contribution in [2.45, 2.75) is 31.1 Å². The van der Waals surface area contributed by atoms with Gasteiger partial charge in [-0.25, -0.2) is 15.0 Å². The van der Waals surface area contributed by atoms with Crippen LogP contribution in [0.25, 0.3) is 11.2 Å². The normalized spacial score (nSPS) is 25.7. The lowest BCUT2D eigenvalue weighted by atomic mass is 10.1. The number of aromatic nitrogens is 4. The van der Waals surface area contributed by atoms with Crippen LogP contribution in [0.1, 0.15) is 11.8 Å². The number of hydrogen-bond donors (Lipinski definition) is 4. The van der Waals surface area contributed by atoms with Crippen LogP contribution in [-0.2, 0) is 11.3 Å². The van der Waals surface area contributed by atoms with E-state index in [2.05, 4.69) is 20.3 Å². The smallest absolute Gasteiger partial charge is 0.167 e. The zero-order valence-electron chi connectivity index (χ0n) is 13.8. The summed E-state index contributed by atoms with van der Waals surface area (Å²) in [7, 11) is 0. The van der Waals surface area contributed by atoms with Gasteiger partial charge in [-0.3, -0.25) is 4.57 Å². The molecule has 1 fully saturated rings. The molecular weight excluding hydrogens is 338 g/mol. The van der Waals surface area contributed by atoms with Gasteiger partial charge in [-0.1, -0.05) is 30.3 Å². The Morgan fingerprint density at radius 3 is 2.62 bits per heavy atom. The second-order valence-corrected chi connectivity index (χ2v) is 6.11. The maximum absolute atomic E-state index is 10.2. The Kier molecular flexibility index (Phi) is 4.51. The average molecular weight is 357 g/mol. The molecule has 4 atom stereocenters. The van der Waals surface area contributed by atoms with E-state index in [4.69, 9.17) is 4.74 Å². The molecule has 0 bridgehead atoms. The molecule has 1 aliphatic rings. The minimum atomic E-state index is -1.19. The van der Waals surface area contributed by atoms with Gasteiger partial charge in [0.05, 0.1) is 12.9 Å². The van der Waals surface area contributed by atoms with Crippen LogP contribution in [-0.4, -0.2) is 59.8 Å². The van der Waals surface area contributed by atoms with Crippen LogP contribution in [0.5, 0.6) is 0 Å². The molecule has 26 heavy (non-hydrogen) atoms. The second kappa shape index (κ2) is 6.96. The number of fused-ring (bicyclic) bond motifs is 1. The van der Waals surface area contributed by atoms with Crippen molar-refractivity contribution in [2.75, 3.05) is 11.9 Å². The number of rotatable bonds is 5. The van der Waals surface area contributed by atoms with E-state index in [9.17, 15) is 15.3 Å². The molecule has 1 aliphatic heterocycles. The molecule has 0 saturated carbocycles.